The standard InChI is InChI=1S/C26H42N4O4/c1-18(29-13-7-5-6-8-14-29)9-12-27-22(31)17-21-10-15-30(16-11-21)25(32)24-19(2)23(20(3)28-24)26(33)34-4/h18,21,28H,5-17H2,1-4H3,(H,27,31)/t18-/m1/s1. The van der Waals surface area contributed by atoms with Gasteiger partial charge in [0.1, 0.15) is 5.69 Å². The lowest BCUT2D eigenvalue weighted by Crippen LogP contribution is -2.40. The molecule has 1 aromatic heterocycles. The summed E-state index contributed by atoms with van der Waals surface area (Å²) in [7, 11) is 1.34. The van der Waals surface area contributed by atoms with Crippen molar-refractivity contribution in [2.24, 2.45) is 5.92 Å². The third kappa shape index (κ3) is 6.62. The van der Waals surface area contributed by atoms with E-state index in [0.29, 0.717) is 54.0 Å². The number of aromatic amines is 1. The zero-order valence-electron chi connectivity index (χ0n) is 21.4. The van der Waals surface area contributed by atoms with Gasteiger partial charge in [-0.15, -0.1) is 0 Å². The molecule has 0 unspecified atom stereocenters. The first kappa shape index (κ1) is 26.3. The zero-order valence-corrected chi connectivity index (χ0v) is 21.4. The number of rotatable bonds is 8. The Morgan fingerprint density at radius 2 is 1.71 bits per heavy atom. The number of H-pyrrole nitrogens is 1. The lowest BCUT2D eigenvalue weighted by atomic mass is 9.93. The van der Waals surface area contributed by atoms with Crippen LogP contribution in [0.15, 0.2) is 0 Å². The molecule has 2 aliphatic rings. The average molecular weight is 475 g/mol. The molecule has 2 fully saturated rings. The Morgan fingerprint density at radius 3 is 2.32 bits per heavy atom. The van der Waals surface area contributed by atoms with Crippen LogP contribution in [0.1, 0.15) is 90.4 Å². The van der Waals surface area contributed by atoms with Crippen molar-refractivity contribution in [2.45, 2.75) is 78.2 Å². The molecule has 2 N–H and O–H groups in total. The van der Waals surface area contributed by atoms with Crippen molar-refractivity contribution in [1.82, 2.24) is 20.1 Å². The molecule has 8 heteroatoms. The number of hydrogen-bond acceptors (Lipinski definition) is 5. The fourth-order valence-electron chi connectivity index (χ4n) is 5.34. The molecule has 0 aromatic carbocycles. The molecular formula is C26H42N4O4. The number of likely N-dealkylation sites (tertiary alicyclic amines) is 2. The summed E-state index contributed by atoms with van der Waals surface area (Å²) in [4.78, 5) is 45.0. The number of aromatic nitrogens is 1. The normalized spacial score (nSPS) is 18.9. The van der Waals surface area contributed by atoms with E-state index in [4.69, 9.17) is 4.74 Å². The summed E-state index contributed by atoms with van der Waals surface area (Å²) in [6.45, 7) is 10.1. The number of nitrogens with zero attached hydrogens (tertiary/aromatic N) is 2. The van der Waals surface area contributed by atoms with E-state index in [1.165, 1.54) is 45.9 Å². The highest BCUT2D eigenvalue weighted by Crippen LogP contribution is 2.25. The number of esters is 1. The van der Waals surface area contributed by atoms with Crippen LogP contribution in [0.4, 0.5) is 0 Å². The average Bonchev–Trinajstić information content (AvgIpc) is 2.99. The van der Waals surface area contributed by atoms with Crippen LogP contribution in [0.5, 0.6) is 0 Å². The smallest absolute Gasteiger partial charge is 0.339 e. The summed E-state index contributed by atoms with van der Waals surface area (Å²) in [5.74, 6) is -0.118. The second kappa shape index (κ2) is 12.4. The molecule has 2 amide bonds. The second-order valence-electron chi connectivity index (χ2n) is 9.99. The first-order valence-electron chi connectivity index (χ1n) is 12.9. The Hall–Kier alpha value is -2.35. The molecule has 3 rings (SSSR count). The molecule has 8 nitrogen and oxygen atoms in total. The molecule has 190 valence electrons. The predicted molar refractivity (Wildman–Crippen MR) is 132 cm³/mol. The molecule has 0 saturated carbocycles. The van der Waals surface area contributed by atoms with Gasteiger partial charge in [-0.3, -0.25) is 9.59 Å². The van der Waals surface area contributed by atoms with E-state index >= 15 is 0 Å². The molecule has 1 aromatic rings. The highest BCUT2D eigenvalue weighted by atomic mass is 16.5. The Balaban J connectivity index is 1.40. The number of hydrogen-bond donors (Lipinski definition) is 2. The van der Waals surface area contributed by atoms with Crippen molar-refractivity contribution in [2.75, 3.05) is 39.8 Å². The van der Waals surface area contributed by atoms with Crippen molar-refractivity contribution in [1.29, 1.82) is 0 Å². The van der Waals surface area contributed by atoms with E-state index in [-0.39, 0.29) is 11.8 Å². The van der Waals surface area contributed by atoms with Crippen LogP contribution in [-0.2, 0) is 9.53 Å². The van der Waals surface area contributed by atoms with E-state index in [1.54, 1.807) is 13.8 Å². The van der Waals surface area contributed by atoms with Gasteiger partial charge in [-0.2, -0.15) is 0 Å². The van der Waals surface area contributed by atoms with Crippen LogP contribution >= 0.6 is 0 Å². The third-order valence-electron chi connectivity index (χ3n) is 7.56. The van der Waals surface area contributed by atoms with Crippen molar-refractivity contribution < 1.29 is 19.1 Å². The maximum absolute atomic E-state index is 13.0. The van der Waals surface area contributed by atoms with Crippen LogP contribution in [0.3, 0.4) is 0 Å². The first-order valence-corrected chi connectivity index (χ1v) is 12.9. The highest BCUT2D eigenvalue weighted by molar-refractivity contribution is 6.00. The van der Waals surface area contributed by atoms with Crippen LogP contribution < -0.4 is 5.32 Å². The second-order valence-corrected chi connectivity index (χ2v) is 9.99. The molecule has 3 heterocycles. The number of nitrogens with one attached hydrogen (secondary N) is 2. The number of carbonyl (C=O) groups is 3. The lowest BCUT2D eigenvalue weighted by molar-refractivity contribution is -0.122. The van der Waals surface area contributed by atoms with Crippen LogP contribution in [0.2, 0.25) is 0 Å². The third-order valence-corrected chi connectivity index (χ3v) is 7.56. The predicted octanol–water partition coefficient (Wildman–Crippen LogP) is 3.43. The number of piperidine rings is 1. The number of methoxy groups -OCH3 is 1. The monoisotopic (exact) mass is 474 g/mol. The van der Waals surface area contributed by atoms with Gasteiger partial charge in [0.05, 0.1) is 12.7 Å². The van der Waals surface area contributed by atoms with Gasteiger partial charge in [0.25, 0.3) is 5.91 Å². The summed E-state index contributed by atoms with van der Waals surface area (Å²) in [5, 5.41) is 3.11. The zero-order chi connectivity index (χ0) is 24.7. The van der Waals surface area contributed by atoms with Gasteiger partial charge in [0.2, 0.25) is 5.91 Å². The molecule has 34 heavy (non-hydrogen) atoms. The quantitative estimate of drug-likeness (QED) is 0.563. The number of ether oxygens (including phenoxy) is 1. The van der Waals surface area contributed by atoms with E-state index < -0.39 is 5.97 Å². The van der Waals surface area contributed by atoms with Gasteiger partial charge in [0.15, 0.2) is 0 Å². The fraction of sp³-hybridized carbons (Fsp3) is 0.731. The molecule has 0 aliphatic carbocycles. The SMILES string of the molecule is COC(=O)c1c(C)[nH]c(C(=O)N2CCC(CC(=O)NCC[C@@H](C)N3CCCCCC3)CC2)c1C. The van der Waals surface area contributed by atoms with Gasteiger partial charge in [-0.05, 0) is 77.4 Å². The summed E-state index contributed by atoms with van der Waals surface area (Å²) in [5.41, 5.74) is 2.16. The van der Waals surface area contributed by atoms with E-state index in [1.807, 2.05) is 4.90 Å². The summed E-state index contributed by atoms with van der Waals surface area (Å²) >= 11 is 0. The van der Waals surface area contributed by atoms with Crippen LogP contribution in [-0.4, -0.2) is 78.4 Å². The molecule has 2 aliphatic heterocycles. The molecular weight excluding hydrogens is 432 g/mol. The topological polar surface area (TPSA) is 94.7 Å². The minimum absolute atomic E-state index is 0.0962. The summed E-state index contributed by atoms with van der Waals surface area (Å²) < 4.78 is 4.84. The lowest BCUT2D eigenvalue weighted by Gasteiger charge is -2.32. The van der Waals surface area contributed by atoms with E-state index in [2.05, 4.69) is 22.1 Å². The number of carbonyl (C=O) groups excluding carboxylic acids is 3. The van der Waals surface area contributed by atoms with Gasteiger partial charge in [-0.25, -0.2) is 4.79 Å². The molecule has 0 spiro atoms. The molecule has 0 radical (unpaired) electrons. The Labute approximate surface area is 203 Å². The largest absolute Gasteiger partial charge is 0.465 e. The molecule has 1 atom stereocenters. The van der Waals surface area contributed by atoms with Gasteiger partial charge in [-0.1, -0.05) is 12.8 Å². The maximum atomic E-state index is 13.0. The fourth-order valence-corrected chi connectivity index (χ4v) is 5.34. The summed E-state index contributed by atoms with van der Waals surface area (Å²) in [6, 6.07) is 0.507. The van der Waals surface area contributed by atoms with Crippen molar-refractivity contribution >= 4 is 17.8 Å². The summed E-state index contributed by atoms with van der Waals surface area (Å²) in [6.07, 6.45) is 8.37. The van der Waals surface area contributed by atoms with Crippen molar-refractivity contribution in [3.8, 4) is 0 Å². The Morgan fingerprint density at radius 1 is 1.06 bits per heavy atom. The first-order chi connectivity index (χ1) is 16.3. The molecule has 2 saturated heterocycles. The van der Waals surface area contributed by atoms with Gasteiger partial charge >= 0.3 is 5.97 Å². The van der Waals surface area contributed by atoms with E-state index in [9.17, 15) is 14.4 Å². The Kier molecular flexibility index (Phi) is 9.56. The van der Waals surface area contributed by atoms with Crippen molar-refractivity contribution in [3.63, 3.8) is 0 Å². The minimum atomic E-state index is -0.434. The minimum Gasteiger partial charge on any atom is -0.465 e. The number of aryl methyl sites for hydroxylation is 1. The van der Waals surface area contributed by atoms with Gasteiger partial charge in [0, 0.05) is 37.8 Å². The highest BCUT2D eigenvalue weighted by Gasteiger charge is 2.29. The van der Waals surface area contributed by atoms with Gasteiger partial charge < -0.3 is 24.8 Å². The van der Waals surface area contributed by atoms with Crippen molar-refractivity contribution in [3.05, 3.63) is 22.5 Å². The van der Waals surface area contributed by atoms with Crippen LogP contribution in [0.25, 0.3) is 0 Å². The number of amides is 2. The molecule has 0 bridgehead atoms. The van der Waals surface area contributed by atoms with Crippen LogP contribution in [0, 0.1) is 19.8 Å². The van der Waals surface area contributed by atoms with E-state index in [0.717, 1.165) is 25.8 Å². The maximum Gasteiger partial charge on any atom is 0.339 e. The Bertz CT molecular complexity index is 849.